The van der Waals surface area contributed by atoms with Gasteiger partial charge in [0.1, 0.15) is 5.82 Å². The molecule has 4 heteroatoms. The first kappa shape index (κ1) is 14.7. The summed E-state index contributed by atoms with van der Waals surface area (Å²) in [6, 6.07) is 6.73. The summed E-state index contributed by atoms with van der Waals surface area (Å²) in [5.41, 5.74) is 1.41. The highest BCUT2D eigenvalue weighted by molar-refractivity contribution is 6.45. The van der Waals surface area contributed by atoms with E-state index >= 15 is 0 Å². The molecule has 2 nitrogen and oxygen atoms in total. The normalized spacial score (nSPS) is 38.5. The van der Waals surface area contributed by atoms with Gasteiger partial charge in [-0.25, -0.2) is 4.39 Å². The van der Waals surface area contributed by atoms with Crippen LogP contribution in [-0.2, 0) is 15.7 Å². The van der Waals surface area contributed by atoms with Gasteiger partial charge < -0.3 is 9.31 Å². The molecule has 1 heterocycles. The topological polar surface area (TPSA) is 18.5 Å². The van der Waals surface area contributed by atoms with E-state index in [0.717, 1.165) is 30.6 Å². The Bertz CT molecular complexity index is 573. The van der Waals surface area contributed by atoms with Crippen molar-refractivity contribution in [1.29, 1.82) is 0 Å². The van der Waals surface area contributed by atoms with Gasteiger partial charge in [0.15, 0.2) is 0 Å². The molecular weight excluding hydrogens is 278 g/mol. The van der Waals surface area contributed by atoms with Gasteiger partial charge in [0.2, 0.25) is 0 Å². The minimum atomic E-state index is -0.183. The van der Waals surface area contributed by atoms with Crippen LogP contribution in [-0.4, -0.2) is 18.8 Å². The SMILES string of the molecule is CC1(C)C2CC1[C@]1(C)OB(CCc3ccc(F)cc3)O[C@@H]1C2. The van der Waals surface area contributed by atoms with Crippen LogP contribution in [0.3, 0.4) is 0 Å². The molecule has 3 aliphatic carbocycles. The molecule has 118 valence electrons. The van der Waals surface area contributed by atoms with Gasteiger partial charge >= 0.3 is 7.12 Å². The lowest BCUT2D eigenvalue weighted by atomic mass is 9.43. The molecule has 4 aliphatic rings. The summed E-state index contributed by atoms with van der Waals surface area (Å²) in [4.78, 5) is 0. The van der Waals surface area contributed by atoms with Gasteiger partial charge in [-0.2, -0.15) is 0 Å². The van der Waals surface area contributed by atoms with E-state index in [1.807, 2.05) is 12.1 Å². The van der Waals surface area contributed by atoms with Crippen LogP contribution in [0.2, 0.25) is 6.32 Å². The third kappa shape index (κ3) is 2.07. The molecule has 2 bridgehead atoms. The second-order valence-electron chi connectivity index (χ2n) is 8.06. The zero-order valence-electron chi connectivity index (χ0n) is 13.6. The third-order valence-corrected chi connectivity index (χ3v) is 6.58. The van der Waals surface area contributed by atoms with Crippen LogP contribution in [0.15, 0.2) is 24.3 Å². The van der Waals surface area contributed by atoms with Crippen molar-refractivity contribution in [1.82, 2.24) is 0 Å². The molecule has 0 N–H and O–H groups in total. The highest BCUT2D eigenvalue weighted by atomic mass is 19.1. The number of hydrogen-bond donors (Lipinski definition) is 0. The summed E-state index contributed by atoms with van der Waals surface area (Å²) in [5.74, 6) is 1.22. The van der Waals surface area contributed by atoms with Crippen molar-refractivity contribution in [2.75, 3.05) is 0 Å². The van der Waals surface area contributed by atoms with Crippen LogP contribution in [0.5, 0.6) is 0 Å². The second-order valence-corrected chi connectivity index (χ2v) is 8.06. The molecule has 4 atom stereocenters. The number of benzene rings is 1. The Morgan fingerprint density at radius 2 is 1.91 bits per heavy atom. The molecule has 0 aromatic heterocycles. The van der Waals surface area contributed by atoms with Crippen molar-refractivity contribution in [3.05, 3.63) is 35.6 Å². The molecule has 0 spiro atoms. The van der Waals surface area contributed by atoms with E-state index in [1.165, 1.54) is 18.6 Å². The molecule has 1 aliphatic heterocycles. The molecular formula is C18H24BFO2. The highest BCUT2D eigenvalue weighted by Gasteiger charge is 2.67. The van der Waals surface area contributed by atoms with Crippen LogP contribution in [0.1, 0.15) is 39.2 Å². The average Bonchev–Trinajstić information content (AvgIpc) is 2.82. The van der Waals surface area contributed by atoms with E-state index in [1.54, 1.807) is 0 Å². The average molecular weight is 302 g/mol. The van der Waals surface area contributed by atoms with Crippen molar-refractivity contribution < 1.29 is 13.7 Å². The maximum atomic E-state index is 13.0. The Kier molecular flexibility index (Phi) is 3.22. The molecule has 0 amide bonds. The standard InChI is InChI=1S/C18H24BFO2/c1-17(2)13-10-15(17)18(3)16(11-13)21-19(22-18)9-8-12-4-6-14(20)7-5-12/h4-7,13,15-16H,8-11H2,1-3H3/t13?,15?,16-,18+/m1/s1. The number of aryl methyl sites for hydroxylation is 1. The first-order chi connectivity index (χ1) is 10.4. The third-order valence-electron chi connectivity index (χ3n) is 6.58. The number of hydrogen-bond acceptors (Lipinski definition) is 2. The Balaban J connectivity index is 1.41. The smallest absolute Gasteiger partial charge is 0.405 e. The van der Waals surface area contributed by atoms with Gasteiger partial charge in [0.05, 0.1) is 11.7 Å². The fourth-order valence-corrected chi connectivity index (χ4v) is 5.01. The van der Waals surface area contributed by atoms with Crippen molar-refractivity contribution in [2.24, 2.45) is 17.3 Å². The minimum Gasteiger partial charge on any atom is -0.405 e. The van der Waals surface area contributed by atoms with Crippen LogP contribution >= 0.6 is 0 Å². The van der Waals surface area contributed by atoms with E-state index in [9.17, 15) is 4.39 Å². The maximum Gasteiger partial charge on any atom is 0.457 e. The van der Waals surface area contributed by atoms with Gasteiger partial charge in [-0.15, -0.1) is 0 Å². The fourth-order valence-electron chi connectivity index (χ4n) is 5.01. The Labute approximate surface area is 132 Å². The zero-order valence-corrected chi connectivity index (χ0v) is 13.6. The van der Waals surface area contributed by atoms with E-state index in [2.05, 4.69) is 20.8 Å². The van der Waals surface area contributed by atoms with E-state index < -0.39 is 0 Å². The van der Waals surface area contributed by atoms with Crippen molar-refractivity contribution >= 4 is 7.12 Å². The number of rotatable bonds is 3. The van der Waals surface area contributed by atoms with E-state index in [-0.39, 0.29) is 24.6 Å². The van der Waals surface area contributed by atoms with Crippen LogP contribution in [0.25, 0.3) is 0 Å². The van der Waals surface area contributed by atoms with Crippen LogP contribution in [0.4, 0.5) is 4.39 Å². The predicted octanol–water partition coefficient (Wildman–Crippen LogP) is 4.10. The minimum absolute atomic E-state index is 0.116. The molecule has 22 heavy (non-hydrogen) atoms. The molecule has 4 fully saturated rings. The van der Waals surface area contributed by atoms with Crippen LogP contribution < -0.4 is 0 Å². The molecule has 1 saturated heterocycles. The van der Waals surface area contributed by atoms with Gasteiger partial charge in [-0.1, -0.05) is 26.0 Å². The summed E-state index contributed by atoms with van der Waals surface area (Å²) < 4.78 is 25.5. The van der Waals surface area contributed by atoms with Crippen molar-refractivity contribution in [3.63, 3.8) is 0 Å². The predicted molar refractivity (Wildman–Crippen MR) is 85.0 cm³/mol. The molecule has 5 rings (SSSR count). The largest absolute Gasteiger partial charge is 0.457 e. The van der Waals surface area contributed by atoms with Gasteiger partial charge in [-0.3, -0.25) is 0 Å². The molecule has 1 aromatic carbocycles. The molecule has 1 aromatic rings. The van der Waals surface area contributed by atoms with E-state index in [0.29, 0.717) is 11.3 Å². The first-order valence-electron chi connectivity index (χ1n) is 8.47. The summed E-state index contributed by atoms with van der Waals surface area (Å²) in [5, 5.41) is 0. The molecule has 0 radical (unpaired) electrons. The summed E-state index contributed by atoms with van der Waals surface area (Å²) in [6.45, 7) is 7.00. The second kappa shape index (κ2) is 4.81. The molecule has 2 unspecified atom stereocenters. The van der Waals surface area contributed by atoms with Crippen molar-refractivity contribution in [3.8, 4) is 0 Å². The van der Waals surface area contributed by atoms with Gasteiger partial charge in [0.25, 0.3) is 0 Å². The lowest BCUT2D eigenvalue weighted by molar-refractivity contribution is -0.199. The highest BCUT2D eigenvalue weighted by Crippen LogP contribution is 2.65. The van der Waals surface area contributed by atoms with E-state index in [4.69, 9.17) is 9.31 Å². The maximum absolute atomic E-state index is 13.0. The quantitative estimate of drug-likeness (QED) is 0.783. The first-order valence-corrected chi connectivity index (χ1v) is 8.47. The lowest BCUT2D eigenvalue weighted by Crippen LogP contribution is -2.65. The van der Waals surface area contributed by atoms with Crippen molar-refractivity contribution in [2.45, 2.75) is 58.1 Å². The number of halogens is 1. The molecule has 3 saturated carbocycles. The summed E-state index contributed by atoms with van der Waals surface area (Å²) >= 11 is 0. The lowest BCUT2D eigenvalue weighted by Gasteiger charge is -2.64. The Hall–Kier alpha value is -0.865. The zero-order chi connectivity index (χ0) is 15.5. The Morgan fingerprint density at radius 1 is 1.18 bits per heavy atom. The fraction of sp³-hybridized carbons (Fsp3) is 0.667. The van der Waals surface area contributed by atoms with Gasteiger partial charge in [-0.05, 0) is 67.5 Å². The monoisotopic (exact) mass is 302 g/mol. The van der Waals surface area contributed by atoms with Gasteiger partial charge in [0, 0.05) is 0 Å². The van der Waals surface area contributed by atoms with Crippen LogP contribution in [0, 0.1) is 23.1 Å². The Morgan fingerprint density at radius 3 is 2.59 bits per heavy atom. The summed E-state index contributed by atoms with van der Waals surface area (Å²) in [6.07, 6.45) is 4.38. The summed E-state index contributed by atoms with van der Waals surface area (Å²) in [7, 11) is -0.116.